The quantitative estimate of drug-likeness (QED) is 0.394. The molecule has 6 nitrogen and oxygen atoms in total. The zero-order chi connectivity index (χ0) is 15.2. The summed E-state index contributed by atoms with van der Waals surface area (Å²) < 4.78 is 10.2. The molecule has 2 aromatic rings. The molecule has 0 aliphatic rings. The van der Waals surface area contributed by atoms with Crippen molar-refractivity contribution in [1.82, 2.24) is 0 Å². The molecule has 1 heterocycles. The van der Waals surface area contributed by atoms with Gasteiger partial charge >= 0.3 is 5.97 Å². The second-order valence-electron chi connectivity index (χ2n) is 3.78. The van der Waals surface area contributed by atoms with Gasteiger partial charge in [0.1, 0.15) is 5.75 Å². The van der Waals surface area contributed by atoms with Crippen LogP contribution in [0.1, 0.15) is 5.76 Å². The van der Waals surface area contributed by atoms with Crippen molar-refractivity contribution in [2.24, 2.45) is 10.9 Å². The molecule has 110 valence electrons. The number of hydrogen-bond donors (Lipinski definition) is 1. The van der Waals surface area contributed by atoms with Crippen LogP contribution in [0.2, 0.25) is 10.0 Å². The Morgan fingerprint density at radius 1 is 1.33 bits per heavy atom. The molecule has 1 aromatic carbocycles. The predicted octanol–water partition coefficient (Wildman–Crippen LogP) is 2.83. The minimum Gasteiger partial charge on any atom is -0.480 e. The molecule has 0 aliphatic heterocycles. The SMILES string of the molecule is N/C(=N\OC(=O)COc1ccc(Cl)cc1Cl)c1ccco1. The monoisotopic (exact) mass is 328 g/mol. The van der Waals surface area contributed by atoms with Crippen LogP contribution in [0.3, 0.4) is 0 Å². The maximum atomic E-state index is 11.5. The van der Waals surface area contributed by atoms with Crippen molar-refractivity contribution in [3.63, 3.8) is 0 Å². The fraction of sp³-hybridized carbons (Fsp3) is 0.0769. The van der Waals surface area contributed by atoms with E-state index in [1.165, 1.54) is 12.3 Å². The van der Waals surface area contributed by atoms with Crippen molar-refractivity contribution < 1.29 is 18.8 Å². The van der Waals surface area contributed by atoms with Crippen LogP contribution >= 0.6 is 23.2 Å². The average molecular weight is 329 g/mol. The highest BCUT2D eigenvalue weighted by molar-refractivity contribution is 6.35. The van der Waals surface area contributed by atoms with Gasteiger partial charge < -0.3 is 19.7 Å². The van der Waals surface area contributed by atoms with Gasteiger partial charge in [-0.05, 0) is 30.3 Å². The molecule has 2 rings (SSSR count). The first-order chi connectivity index (χ1) is 10.1. The van der Waals surface area contributed by atoms with Crippen LogP contribution in [-0.4, -0.2) is 18.4 Å². The molecular formula is C13H10Cl2N2O4. The van der Waals surface area contributed by atoms with Crippen LogP contribution in [0, 0.1) is 0 Å². The molecule has 0 aliphatic carbocycles. The Morgan fingerprint density at radius 3 is 2.81 bits per heavy atom. The predicted molar refractivity (Wildman–Crippen MR) is 77.5 cm³/mol. The molecule has 0 fully saturated rings. The number of furan rings is 1. The maximum Gasteiger partial charge on any atom is 0.372 e. The first-order valence-corrected chi connectivity index (χ1v) is 6.47. The van der Waals surface area contributed by atoms with E-state index in [1.54, 1.807) is 24.3 Å². The number of oxime groups is 1. The van der Waals surface area contributed by atoms with Crippen molar-refractivity contribution in [3.8, 4) is 5.75 Å². The van der Waals surface area contributed by atoms with E-state index >= 15 is 0 Å². The molecule has 0 saturated carbocycles. The van der Waals surface area contributed by atoms with Crippen molar-refractivity contribution in [3.05, 3.63) is 52.4 Å². The summed E-state index contributed by atoms with van der Waals surface area (Å²) in [5, 5.41) is 4.18. The highest BCUT2D eigenvalue weighted by Gasteiger charge is 2.09. The van der Waals surface area contributed by atoms with Gasteiger partial charge in [0.25, 0.3) is 0 Å². The molecule has 0 radical (unpaired) electrons. The number of ether oxygens (including phenoxy) is 1. The second-order valence-corrected chi connectivity index (χ2v) is 4.62. The third-order valence-electron chi connectivity index (χ3n) is 2.26. The van der Waals surface area contributed by atoms with Crippen molar-refractivity contribution >= 4 is 35.0 Å². The normalized spacial score (nSPS) is 11.2. The topological polar surface area (TPSA) is 87.1 Å². The average Bonchev–Trinajstić information content (AvgIpc) is 2.98. The summed E-state index contributed by atoms with van der Waals surface area (Å²) in [5.41, 5.74) is 5.54. The Bertz CT molecular complexity index is 656. The Kier molecular flexibility index (Phi) is 5.08. The summed E-state index contributed by atoms with van der Waals surface area (Å²) in [4.78, 5) is 16.0. The molecule has 0 saturated heterocycles. The van der Waals surface area contributed by atoms with E-state index in [0.29, 0.717) is 16.5 Å². The summed E-state index contributed by atoms with van der Waals surface area (Å²) in [7, 11) is 0. The van der Waals surface area contributed by atoms with Crippen molar-refractivity contribution in [2.75, 3.05) is 6.61 Å². The van der Waals surface area contributed by atoms with Gasteiger partial charge in [0.2, 0.25) is 5.84 Å². The van der Waals surface area contributed by atoms with Crippen LogP contribution in [-0.2, 0) is 9.63 Å². The third-order valence-corrected chi connectivity index (χ3v) is 2.79. The molecule has 8 heteroatoms. The first-order valence-electron chi connectivity index (χ1n) is 5.71. The largest absolute Gasteiger partial charge is 0.480 e. The van der Waals surface area contributed by atoms with E-state index < -0.39 is 5.97 Å². The molecule has 0 bridgehead atoms. The van der Waals surface area contributed by atoms with Gasteiger partial charge in [0, 0.05) is 5.02 Å². The van der Waals surface area contributed by atoms with Crippen LogP contribution in [0.15, 0.2) is 46.2 Å². The summed E-state index contributed by atoms with van der Waals surface area (Å²) in [6.45, 7) is -0.379. The lowest BCUT2D eigenvalue weighted by Gasteiger charge is -2.06. The Hall–Kier alpha value is -2.18. The Morgan fingerprint density at radius 2 is 2.14 bits per heavy atom. The lowest BCUT2D eigenvalue weighted by atomic mass is 10.3. The van der Waals surface area contributed by atoms with Gasteiger partial charge in [0.05, 0.1) is 11.3 Å². The van der Waals surface area contributed by atoms with E-state index in [0.717, 1.165) is 0 Å². The highest BCUT2D eigenvalue weighted by atomic mass is 35.5. The molecule has 0 spiro atoms. The van der Waals surface area contributed by atoms with Crippen molar-refractivity contribution in [2.45, 2.75) is 0 Å². The van der Waals surface area contributed by atoms with Gasteiger partial charge in [0.15, 0.2) is 12.4 Å². The number of rotatable bonds is 5. The lowest BCUT2D eigenvalue weighted by Crippen LogP contribution is -2.17. The number of benzene rings is 1. The van der Waals surface area contributed by atoms with Crippen LogP contribution in [0.5, 0.6) is 5.75 Å². The van der Waals surface area contributed by atoms with Gasteiger partial charge in [-0.2, -0.15) is 0 Å². The minimum atomic E-state index is -0.740. The van der Waals surface area contributed by atoms with E-state index in [-0.39, 0.29) is 17.5 Å². The number of carbonyl (C=O) groups is 1. The van der Waals surface area contributed by atoms with E-state index in [2.05, 4.69) is 9.99 Å². The smallest absolute Gasteiger partial charge is 0.372 e. The number of halogens is 2. The number of carbonyl (C=O) groups excluding carboxylic acids is 1. The summed E-state index contributed by atoms with van der Waals surface area (Å²) in [5.74, 6) is -0.195. The van der Waals surface area contributed by atoms with E-state index in [1.807, 2.05) is 0 Å². The Balaban J connectivity index is 1.86. The van der Waals surface area contributed by atoms with Gasteiger partial charge in [-0.1, -0.05) is 28.4 Å². The molecule has 2 N–H and O–H groups in total. The fourth-order valence-electron chi connectivity index (χ4n) is 1.32. The number of nitrogens with two attached hydrogens (primary N) is 1. The molecule has 0 atom stereocenters. The second kappa shape index (κ2) is 7.01. The number of hydrogen-bond acceptors (Lipinski definition) is 5. The number of amidine groups is 1. The zero-order valence-electron chi connectivity index (χ0n) is 10.6. The van der Waals surface area contributed by atoms with Gasteiger partial charge in [-0.15, -0.1) is 0 Å². The van der Waals surface area contributed by atoms with Crippen LogP contribution in [0.25, 0.3) is 0 Å². The number of nitrogens with zero attached hydrogens (tertiary/aromatic N) is 1. The summed E-state index contributed by atoms with van der Waals surface area (Å²) in [6.07, 6.45) is 1.42. The lowest BCUT2D eigenvalue weighted by molar-refractivity contribution is -0.146. The third kappa shape index (κ3) is 4.40. The maximum absolute atomic E-state index is 11.5. The summed E-state index contributed by atoms with van der Waals surface area (Å²) in [6, 6.07) is 7.83. The first kappa shape index (κ1) is 15.2. The molecule has 1 aromatic heterocycles. The highest BCUT2D eigenvalue weighted by Crippen LogP contribution is 2.27. The van der Waals surface area contributed by atoms with E-state index in [9.17, 15) is 4.79 Å². The van der Waals surface area contributed by atoms with Gasteiger partial charge in [-0.25, -0.2) is 4.79 Å². The minimum absolute atomic E-state index is 0.0575. The molecule has 0 unspecified atom stereocenters. The molecular weight excluding hydrogens is 319 g/mol. The van der Waals surface area contributed by atoms with Crippen LogP contribution < -0.4 is 10.5 Å². The van der Waals surface area contributed by atoms with Crippen molar-refractivity contribution in [1.29, 1.82) is 0 Å². The summed E-state index contributed by atoms with van der Waals surface area (Å²) >= 11 is 11.6. The molecule has 0 amide bonds. The van der Waals surface area contributed by atoms with E-state index in [4.69, 9.17) is 38.1 Å². The molecule has 21 heavy (non-hydrogen) atoms. The standard InChI is InChI=1S/C13H10Cl2N2O4/c14-8-3-4-10(9(15)6-8)20-7-12(18)21-17-13(16)11-2-1-5-19-11/h1-6H,7H2,(H2,16,17). The Labute approximate surface area is 130 Å². The van der Waals surface area contributed by atoms with Crippen LogP contribution in [0.4, 0.5) is 0 Å². The van der Waals surface area contributed by atoms with Gasteiger partial charge in [-0.3, -0.25) is 0 Å². The zero-order valence-corrected chi connectivity index (χ0v) is 12.1. The fourth-order valence-corrected chi connectivity index (χ4v) is 1.79.